The van der Waals surface area contributed by atoms with Crippen molar-refractivity contribution in [1.82, 2.24) is 0 Å². The quantitative estimate of drug-likeness (QED) is 0.0222. The normalized spacial score (nSPS) is 13.9. The molecule has 0 heterocycles. The minimum atomic E-state index is -4.96. The fraction of sp³-hybridized carbons (Fsp3) is 0.949. The lowest BCUT2D eigenvalue weighted by molar-refractivity contribution is -0.161. The fourth-order valence-corrected chi connectivity index (χ4v) is 13.6. The number of aliphatic hydroxyl groups is 1. The molecule has 17 nitrogen and oxygen atoms in total. The molecular weight excluding hydrogens is 1270 g/mol. The van der Waals surface area contributed by atoms with Crippen LogP contribution in [0.15, 0.2) is 0 Å². The van der Waals surface area contributed by atoms with Gasteiger partial charge in [0.25, 0.3) is 0 Å². The molecule has 0 saturated carbocycles. The molecule has 0 fully saturated rings. The first kappa shape index (κ1) is 95.1. The molecule has 576 valence electrons. The van der Waals surface area contributed by atoms with Crippen LogP contribution in [0.25, 0.3) is 0 Å². The Hall–Kier alpha value is -1.94. The van der Waals surface area contributed by atoms with Gasteiger partial charge in [0.1, 0.15) is 19.3 Å². The van der Waals surface area contributed by atoms with Crippen LogP contribution < -0.4 is 0 Å². The first-order valence-electron chi connectivity index (χ1n) is 40.6. The monoisotopic (exact) mass is 1420 g/mol. The SMILES string of the molecule is CCCCCCCCCCCCCCCCCCCCCCC(=O)O[C@H](COC(=O)CCCCCCCCCCCCCCCCC)COP(=O)(O)OC[C@@H](O)COP(=O)(O)OC[C@@H](COC(=O)CCCCCCCCCCCC)OC(=O)CCCCCCCCCCCC(C)C. The van der Waals surface area contributed by atoms with Gasteiger partial charge in [-0.05, 0) is 31.6 Å². The Morgan fingerprint density at radius 3 is 0.701 bits per heavy atom. The van der Waals surface area contributed by atoms with Crippen LogP contribution in [0.1, 0.15) is 413 Å². The van der Waals surface area contributed by atoms with Crippen LogP contribution in [-0.2, 0) is 65.4 Å². The topological polar surface area (TPSA) is 237 Å². The average Bonchev–Trinajstić information content (AvgIpc) is 1.46. The lowest BCUT2D eigenvalue weighted by Gasteiger charge is -2.21. The van der Waals surface area contributed by atoms with Gasteiger partial charge in [-0.15, -0.1) is 0 Å². The van der Waals surface area contributed by atoms with E-state index in [9.17, 15) is 43.2 Å². The molecule has 0 saturated heterocycles. The molecular formula is C78H152O17P2. The molecule has 0 aromatic heterocycles. The molecule has 19 heteroatoms. The molecule has 0 radical (unpaired) electrons. The third-order valence-corrected chi connectivity index (χ3v) is 20.2. The lowest BCUT2D eigenvalue weighted by atomic mass is 10.0. The molecule has 0 amide bonds. The Balaban J connectivity index is 5.22. The number of esters is 4. The Labute approximate surface area is 594 Å². The predicted octanol–water partition coefficient (Wildman–Crippen LogP) is 23.3. The van der Waals surface area contributed by atoms with Gasteiger partial charge in [0.05, 0.1) is 26.4 Å². The zero-order chi connectivity index (χ0) is 71.2. The molecule has 2 unspecified atom stereocenters. The van der Waals surface area contributed by atoms with Gasteiger partial charge in [0.15, 0.2) is 12.2 Å². The van der Waals surface area contributed by atoms with Crippen LogP contribution in [0.2, 0.25) is 0 Å². The molecule has 0 aromatic carbocycles. The summed E-state index contributed by atoms with van der Waals surface area (Å²) in [6.07, 6.45) is 61.1. The highest BCUT2D eigenvalue weighted by Crippen LogP contribution is 2.45. The number of carbonyl (C=O) groups is 4. The van der Waals surface area contributed by atoms with E-state index >= 15 is 0 Å². The number of hydrogen-bond donors (Lipinski definition) is 3. The van der Waals surface area contributed by atoms with Gasteiger partial charge in [-0.3, -0.25) is 37.3 Å². The van der Waals surface area contributed by atoms with Gasteiger partial charge in [0, 0.05) is 25.7 Å². The number of carbonyl (C=O) groups excluding carboxylic acids is 4. The van der Waals surface area contributed by atoms with E-state index in [1.54, 1.807) is 0 Å². The standard InChI is InChI=1S/C78H152O17P2/c1-6-9-12-15-18-21-24-26-28-29-30-31-32-34-36-38-43-48-53-58-63-77(82)94-73(68-89-76(81)62-57-52-47-42-37-35-33-27-25-22-19-16-13-10-7-2)69-92-96(84,85)90-65-72(79)66-91-97(86,87)93-70-74(67-88-75(80)61-56-51-46-41-23-20-17-14-11-8-3)95-78(83)64-59-54-49-44-39-40-45-50-55-60-71(4)5/h71-74,79H,6-70H2,1-5H3,(H,84,85)(H,86,87)/t72-,73-,74-/m1/s1. The minimum Gasteiger partial charge on any atom is -0.462 e. The Bertz CT molecular complexity index is 1860. The molecule has 0 rings (SSSR count). The van der Waals surface area contributed by atoms with Crippen LogP contribution in [0, 0.1) is 5.92 Å². The smallest absolute Gasteiger partial charge is 0.462 e. The summed E-state index contributed by atoms with van der Waals surface area (Å²) in [6, 6.07) is 0. The first-order chi connectivity index (χ1) is 47.0. The number of aliphatic hydroxyl groups excluding tert-OH is 1. The van der Waals surface area contributed by atoms with E-state index in [0.29, 0.717) is 25.7 Å². The summed E-state index contributed by atoms with van der Waals surface area (Å²) < 4.78 is 68.6. The van der Waals surface area contributed by atoms with E-state index in [4.69, 9.17) is 37.0 Å². The van der Waals surface area contributed by atoms with E-state index < -0.39 is 97.5 Å². The van der Waals surface area contributed by atoms with Gasteiger partial charge in [-0.25, -0.2) is 9.13 Å². The Kier molecular flexibility index (Phi) is 69.6. The van der Waals surface area contributed by atoms with Crippen molar-refractivity contribution in [2.24, 2.45) is 5.92 Å². The molecule has 5 atom stereocenters. The van der Waals surface area contributed by atoms with E-state index in [1.807, 2.05) is 0 Å². The molecule has 0 aliphatic heterocycles. The molecule has 0 bridgehead atoms. The van der Waals surface area contributed by atoms with Crippen molar-refractivity contribution >= 4 is 39.5 Å². The van der Waals surface area contributed by atoms with Gasteiger partial charge < -0.3 is 33.8 Å². The number of hydrogen-bond acceptors (Lipinski definition) is 15. The summed E-state index contributed by atoms with van der Waals surface area (Å²) in [4.78, 5) is 72.9. The number of phosphoric ester groups is 2. The van der Waals surface area contributed by atoms with Gasteiger partial charge in [0.2, 0.25) is 0 Å². The number of rotatable bonds is 78. The zero-order valence-corrected chi connectivity index (χ0v) is 65.0. The van der Waals surface area contributed by atoms with Crippen LogP contribution in [0.3, 0.4) is 0 Å². The largest absolute Gasteiger partial charge is 0.472 e. The maximum absolute atomic E-state index is 13.1. The highest BCUT2D eigenvalue weighted by molar-refractivity contribution is 7.47. The van der Waals surface area contributed by atoms with Crippen LogP contribution in [-0.4, -0.2) is 96.7 Å². The molecule has 97 heavy (non-hydrogen) atoms. The van der Waals surface area contributed by atoms with Gasteiger partial charge in [-0.1, -0.05) is 362 Å². The second-order valence-electron chi connectivity index (χ2n) is 28.6. The maximum atomic E-state index is 13.1. The summed E-state index contributed by atoms with van der Waals surface area (Å²) in [7, 11) is -9.91. The molecule has 0 aliphatic rings. The number of ether oxygens (including phenoxy) is 4. The summed E-state index contributed by atoms with van der Waals surface area (Å²) in [6.45, 7) is 7.28. The van der Waals surface area contributed by atoms with E-state index in [2.05, 4.69) is 34.6 Å². The molecule has 3 N–H and O–H groups in total. The number of phosphoric acid groups is 2. The molecule has 0 aliphatic carbocycles. The summed E-state index contributed by atoms with van der Waals surface area (Å²) >= 11 is 0. The third-order valence-electron chi connectivity index (χ3n) is 18.3. The molecule has 0 aromatic rings. The van der Waals surface area contributed by atoms with Gasteiger partial charge in [-0.2, -0.15) is 0 Å². The van der Waals surface area contributed by atoms with Crippen molar-refractivity contribution in [3.63, 3.8) is 0 Å². The molecule has 0 spiro atoms. The van der Waals surface area contributed by atoms with E-state index in [0.717, 1.165) is 95.8 Å². The van der Waals surface area contributed by atoms with Crippen LogP contribution in [0.5, 0.6) is 0 Å². The second kappa shape index (κ2) is 71.1. The van der Waals surface area contributed by atoms with Crippen molar-refractivity contribution in [2.75, 3.05) is 39.6 Å². The fourth-order valence-electron chi connectivity index (χ4n) is 12.1. The predicted molar refractivity (Wildman–Crippen MR) is 395 cm³/mol. The summed E-state index contributed by atoms with van der Waals surface area (Å²) in [5.74, 6) is -1.37. The van der Waals surface area contributed by atoms with Crippen molar-refractivity contribution in [2.45, 2.75) is 432 Å². The lowest BCUT2D eigenvalue weighted by Crippen LogP contribution is -2.30. The van der Waals surface area contributed by atoms with Crippen LogP contribution >= 0.6 is 15.6 Å². The minimum absolute atomic E-state index is 0.106. The summed E-state index contributed by atoms with van der Waals surface area (Å²) in [5.41, 5.74) is 0. The van der Waals surface area contributed by atoms with Gasteiger partial charge >= 0.3 is 39.5 Å². The number of unbranched alkanes of at least 4 members (excludes halogenated alkanes) is 50. The summed E-state index contributed by atoms with van der Waals surface area (Å²) in [5, 5.41) is 10.6. The highest BCUT2D eigenvalue weighted by atomic mass is 31.2. The Morgan fingerprint density at radius 2 is 0.474 bits per heavy atom. The zero-order valence-electron chi connectivity index (χ0n) is 63.2. The van der Waals surface area contributed by atoms with Crippen molar-refractivity contribution in [3.8, 4) is 0 Å². The Morgan fingerprint density at radius 1 is 0.278 bits per heavy atom. The maximum Gasteiger partial charge on any atom is 0.472 e. The highest BCUT2D eigenvalue weighted by Gasteiger charge is 2.30. The van der Waals surface area contributed by atoms with Crippen molar-refractivity contribution < 1.29 is 80.2 Å². The van der Waals surface area contributed by atoms with E-state index in [-0.39, 0.29) is 25.7 Å². The van der Waals surface area contributed by atoms with E-state index in [1.165, 1.54) is 238 Å². The van der Waals surface area contributed by atoms with Crippen molar-refractivity contribution in [1.29, 1.82) is 0 Å². The average molecular weight is 1420 g/mol. The van der Waals surface area contributed by atoms with Crippen LogP contribution in [0.4, 0.5) is 0 Å². The second-order valence-corrected chi connectivity index (χ2v) is 31.5. The van der Waals surface area contributed by atoms with Crippen molar-refractivity contribution in [3.05, 3.63) is 0 Å². The first-order valence-corrected chi connectivity index (χ1v) is 43.6. The third kappa shape index (κ3) is 72.2.